The minimum absolute atomic E-state index is 0.00724. The molecule has 1 heterocycles. The molecule has 0 fully saturated rings. The van der Waals surface area contributed by atoms with Crippen LogP contribution in [0.3, 0.4) is 0 Å². The average molecular weight is 360 g/mol. The lowest BCUT2D eigenvalue weighted by atomic mass is 10.1. The maximum Gasteiger partial charge on any atom is 0.235 e. The molecule has 0 aliphatic heterocycles. The zero-order valence-corrected chi connectivity index (χ0v) is 14.2. The number of fused-ring (bicyclic) bond motifs is 1. The van der Waals surface area contributed by atoms with Gasteiger partial charge in [0, 0.05) is 5.56 Å². The van der Waals surface area contributed by atoms with Gasteiger partial charge in [0.2, 0.25) is 22.7 Å². The summed E-state index contributed by atoms with van der Waals surface area (Å²) in [6, 6.07) is 5.25. The monoisotopic (exact) mass is 360 g/mol. The van der Waals surface area contributed by atoms with Gasteiger partial charge in [0.05, 0.1) is 26.7 Å². The highest BCUT2D eigenvalue weighted by Crippen LogP contribution is 2.44. The Morgan fingerprint density at radius 3 is 2.15 bits per heavy atom. The van der Waals surface area contributed by atoms with E-state index in [-0.39, 0.29) is 45.3 Å². The van der Waals surface area contributed by atoms with Gasteiger partial charge < -0.3 is 33.9 Å². The molecule has 136 valence electrons. The summed E-state index contributed by atoms with van der Waals surface area (Å²) in [4.78, 5) is 12.8. The molecule has 0 aliphatic rings. The van der Waals surface area contributed by atoms with Gasteiger partial charge in [0.25, 0.3) is 0 Å². The Kier molecular flexibility index (Phi) is 4.25. The minimum atomic E-state index is -0.549. The molecule has 0 atom stereocenters. The largest absolute Gasteiger partial charge is 0.504 e. The van der Waals surface area contributed by atoms with Gasteiger partial charge in [0.15, 0.2) is 28.6 Å². The molecule has 3 rings (SSSR count). The molecule has 0 saturated heterocycles. The van der Waals surface area contributed by atoms with E-state index in [9.17, 15) is 20.1 Å². The van der Waals surface area contributed by atoms with Crippen molar-refractivity contribution in [1.82, 2.24) is 0 Å². The Hall–Kier alpha value is -3.55. The molecule has 0 spiro atoms. The molecule has 2 aromatic carbocycles. The fourth-order valence-electron chi connectivity index (χ4n) is 2.64. The highest BCUT2D eigenvalue weighted by molar-refractivity contribution is 5.90. The van der Waals surface area contributed by atoms with Gasteiger partial charge in [-0.05, 0) is 24.3 Å². The van der Waals surface area contributed by atoms with Crippen molar-refractivity contribution in [2.24, 2.45) is 0 Å². The van der Waals surface area contributed by atoms with Crippen LogP contribution in [0.4, 0.5) is 0 Å². The second kappa shape index (κ2) is 6.40. The van der Waals surface area contributed by atoms with E-state index in [1.807, 2.05) is 0 Å². The number of aromatic hydroxyl groups is 3. The lowest BCUT2D eigenvalue weighted by molar-refractivity contribution is 0.332. The zero-order valence-electron chi connectivity index (χ0n) is 14.2. The predicted octanol–water partition coefficient (Wildman–Crippen LogP) is 2.60. The smallest absolute Gasteiger partial charge is 0.235 e. The Balaban J connectivity index is 2.42. The number of phenols is 3. The van der Waals surface area contributed by atoms with E-state index in [1.54, 1.807) is 0 Å². The maximum atomic E-state index is 12.8. The van der Waals surface area contributed by atoms with Crippen molar-refractivity contribution in [3.05, 3.63) is 34.5 Å². The van der Waals surface area contributed by atoms with E-state index >= 15 is 0 Å². The number of hydrogen-bond donors (Lipinski definition) is 3. The van der Waals surface area contributed by atoms with Gasteiger partial charge in [-0.15, -0.1) is 0 Å². The highest BCUT2D eigenvalue weighted by Gasteiger charge is 2.24. The maximum absolute atomic E-state index is 12.8. The second-order valence-electron chi connectivity index (χ2n) is 5.33. The molecule has 8 heteroatoms. The second-order valence-corrected chi connectivity index (χ2v) is 5.33. The molecule has 1 aromatic heterocycles. The van der Waals surface area contributed by atoms with Gasteiger partial charge in [-0.25, -0.2) is 0 Å². The normalized spacial score (nSPS) is 10.7. The van der Waals surface area contributed by atoms with Crippen LogP contribution in [0.25, 0.3) is 22.3 Å². The zero-order chi connectivity index (χ0) is 19.0. The molecule has 0 aliphatic carbocycles. The number of ether oxygens (including phenoxy) is 3. The highest BCUT2D eigenvalue weighted by atomic mass is 16.5. The summed E-state index contributed by atoms with van der Waals surface area (Å²) in [6.07, 6.45) is 0. The van der Waals surface area contributed by atoms with Crippen LogP contribution < -0.4 is 19.6 Å². The number of benzene rings is 2. The van der Waals surface area contributed by atoms with Crippen LogP contribution in [0, 0.1) is 0 Å². The van der Waals surface area contributed by atoms with Crippen molar-refractivity contribution >= 4 is 11.0 Å². The molecule has 0 amide bonds. The topological polar surface area (TPSA) is 119 Å². The van der Waals surface area contributed by atoms with E-state index in [0.717, 1.165) is 0 Å². The van der Waals surface area contributed by atoms with Gasteiger partial charge in [-0.3, -0.25) is 4.79 Å². The summed E-state index contributed by atoms with van der Waals surface area (Å²) >= 11 is 0. The quantitative estimate of drug-likeness (QED) is 0.608. The van der Waals surface area contributed by atoms with E-state index < -0.39 is 16.9 Å². The molecule has 8 nitrogen and oxygen atoms in total. The van der Waals surface area contributed by atoms with Crippen molar-refractivity contribution in [2.45, 2.75) is 0 Å². The number of methoxy groups -OCH3 is 3. The predicted molar refractivity (Wildman–Crippen MR) is 92.6 cm³/mol. The first-order chi connectivity index (χ1) is 12.4. The Bertz CT molecular complexity index is 1050. The summed E-state index contributed by atoms with van der Waals surface area (Å²) in [5, 5.41) is 29.7. The summed E-state index contributed by atoms with van der Waals surface area (Å²) in [6.45, 7) is 0. The third-order valence-corrected chi connectivity index (χ3v) is 3.90. The van der Waals surface area contributed by atoms with E-state index in [4.69, 9.17) is 18.6 Å². The van der Waals surface area contributed by atoms with E-state index in [1.165, 1.54) is 45.6 Å². The standard InChI is InChI=1S/C18H16O8/c1-23-12-7-9-13(21)18(25-3)15(8-4-5-10(19)11(20)6-8)26-16(9)14(22)17(12)24-2/h4-7,19-20,22H,1-3H3. The SMILES string of the molecule is COc1cc2c(=O)c(OC)c(-c3ccc(O)c(O)c3)oc2c(O)c1OC. The lowest BCUT2D eigenvalue weighted by Crippen LogP contribution is -2.08. The van der Waals surface area contributed by atoms with E-state index in [2.05, 4.69) is 0 Å². The first-order valence-electron chi connectivity index (χ1n) is 7.44. The van der Waals surface area contributed by atoms with Gasteiger partial charge in [0.1, 0.15) is 0 Å². The van der Waals surface area contributed by atoms with Gasteiger partial charge in [-0.1, -0.05) is 0 Å². The third-order valence-electron chi connectivity index (χ3n) is 3.90. The first kappa shape index (κ1) is 17.3. The Labute approximate surface area is 147 Å². The molecule has 0 saturated carbocycles. The molecule has 3 aromatic rings. The van der Waals surface area contributed by atoms with Crippen LogP contribution in [0.15, 0.2) is 33.5 Å². The van der Waals surface area contributed by atoms with Crippen LogP contribution in [-0.4, -0.2) is 36.6 Å². The van der Waals surface area contributed by atoms with Crippen LogP contribution in [0.5, 0.6) is 34.5 Å². The summed E-state index contributed by atoms with van der Waals surface area (Å²) in [7, 11) is 4.00. The number of rotatable bonds is 4. The van der Waals surface area contributed by atoms with Crippen molar-refractivity contribution < 1.29 is 33.9 Å². The fraction of sp³-hybridized carbons (Fsp3) is 0.167. The summed E-state index contributed by atoms with van der Waals surface area (Å²) in [5.41, 5.74) is -0.408. The first-order valence-corrected chi connectivity index (χ1v) is 7.44. The number of hydrogen-bond acceptors (Lipinski definition) is 8. The van der Waals surface area contributed by atoms with E-state index in [0.29, 0.717) is 0 Å². The van der Waals surface area contributed by atoms with Crippen molar-refractivity contribution in [3.63, 3.8) is 0 Å². The van der Waals surface area contributed by atoms with Crippen LogP contribution in [-0.2, 0) is 0 Å². The van der Waals surface area contributed by atoms with Crippen LogP contribution in [0.2, 0.25) is 0 Å². The van der Waals surface area contributed by atoms with Crippen molar-refractivity contribution in [1.29, 1.82) is 0 Å². The van der Waals surface area contributed by atoms with Gasteiger partial charge >= 0.3 is 0 Å². The fourth-order valence-corrected chi connectivity index (χ4v) is 2.64. The third kappa shape index (κ3) is 2.52. The lowest BCUT2D eigenvalue weighted by Gasteiger charge is -2.14. The molecule has 0 radical (unpaired) electrons. The Morgan fingerprint density at radius 2 is 1.58 bits per heavy atom. The summed E-state index contributed by atoms with van der Waals surface area (Å²) < 4.78 is 21.1. The Morgan fingerprint density at radius 1 is 0.885 bits per heavy atom. The van der Waals surface area contributed by atoms with Crippen LogP contribution >= 0.6 is 0 Å². The molecular formula is C18H16O8. The summed E-state index contributed by atoms with van der Waals surface area (Å²) in [5.74, 6) is -1.13. The molecule has 0 bridgehead atoms. The molecule has 26 heavy (non-hydrogen) atoms. The molecule has 3 N–H and O–H groups in total. The van der Waals surface area contributed by atoms with Crippen LogP contribution in [0.1, 0.15) is 0 Å². The van der Waals surface area contributed by atoms with Crippen molar-refractivity contribution in [2.75, 3.05) is 21.3 Å². The number of phenolic OH excluding ortho intramolecular Hbond substituents is 3. The van der Waals surface area contributed by atoms with Gasteiger partial charge in [-0.2, -0.15) is 0 Å². The minimum Gasteiger partial charge on any atom is -0.504 e. The molecule has 0 unspecified atom stereocenters. The average Bonchev–Trinajstić information content (AvgIpc) is 2.64. The van der Waals surface area contributed by atoms with Crippen molar-refractivity contribution in [3.8, 4) is 45.8 Å². The molecular weight excluding hydrogens is 344 g/mol.